The fraction of sp³-hybridized carbons (Fsp3) is 0.250. The minimum Gasteiger partial charge on any atom is -0.298 e. The summed E-state index contributed by atoms with van der Waals surface area (Å²) in [6.07, 6.45) is 1.83. The second kappa shape index (κ2) is 5.59. The Morgan fingerprint density at radius 3 is 2.39 bits per heavy atom. The fourth-order valence-electron chi connectivity index (χ4n) is 1.36. The quantitative estimate of drug-likeness (QED) is 0.543. The van der Waals surface area contributed by atoms with E-state index in [4.69, 9.17) is 12.2 Å². The summed E-state index contributed by atoms with van der Waals surface area (Å²) in [6.45, 7) is 0. The molecule has 1 aliphatic carbocycles. The average Bonchev–Trinajstić information content (AvgIpc) is 3.21. The maximum Gasteiger partial charge on any atom is 0.257 e. The summed E-state index contributed by atoms with van der Waals surface area (Å²) in [5, 5.41) is 2.56. The van der Waals surface area contributed by atoms with E-state index in [0.29, 0.717) is 5.56 Å². The summed E-state index contributed by atoms with van der Waals surface area (Å²) in [4.78, 5) is 23.0. The van der Waals surface area contributed by atoms with E-state index in [1.165, 1.54) is 0 Å². The Morgan fingerprint density at radius 1 is 1.11 bits per heavy atom. The zero-order valence-electron chi connectivity index (χ0n) is 9.60. The number of benzene rings is 1. The third-order valence-electron chi connectivity index (χ3n) is 2.51. The summed E-state index contributed by atoms with van der Waals surface area (Å²) in [5.74, 6) is -0.315. The minimum atomic E-state index is -0.311. The van der Waals surface area contributed by atoms with E-state index in [2.05, 4.69) is 16.2 Å². The summed E-state index contributed by atoms with van der Waals surface area (Å²) in [7, 11) is 0. The van der Waals surface area contributed by atoms with E-state index >= 15 is 0 Å². The first kappa shape index (κ1) is 12.5. The van der Waals surface area contributed by atoms with Crippen LogP contribution in [0.2, 0.25) is 0 Å². The van der Waals surface area contributed by atoms with E-state index in [-0.39, 0.29) is 22.8 Å². The van der Waals surface area contributed by atoms with Crippen molar-refractivity contribution in [2.24, 2.45) is 5.92 Å². The number of hydrogen-bond acceptors (Lipinski definition) is 3. The molecule has 5 nitrogen and oxygen atoms in total. The van der Waals surface area contributed by atoms with Crippen LogP contribution < -0.4 is 16.2 Å². The van der Waals surface area contributed by atoms with Crippen LogP contribution in [0.15, 0.2) is 30.3 Å². The molecule has 1 aromatic rings. The number of carbonyl (C=O) groups is 2. The molecule has 0 spiro atoms. The van der Waals surface area contributed by atoms with Gasteiger partial charge in [-0.2, -0.15) is 0 Å². The summed E-state index contributed by atoms with van der Waals surface area (Å²) in [6, 6.07) is 8.71. The predicted octanol–water partition coefficient (Wildman–Crippen LogP) is 0.732. The number of thiocarbonyl (C=S) groups is 1. The molecule has 0 unspecified atom stereocenters. The molecule has 2 rings (SSSR count). The number of nitrogens with one attached hydrogen (secondary N) is 3. The van der Waals surface area contributed by atoms with Crippen molar-refractivity contribution in [2.75, 3.05) is 0 Å². The van der Waals surface area contributed by atoms with Gasteiger partial charge in [0.1, 0.15) is 0 Å². The van der Waals surface area contributed by atoms with Crippen LogP contribution in [0.25, 0.3) is 0 Å². The molecule has 94 valence electrons. The fourth-order valence-corrected chi connectivity index (χ4v) is 1.51. The second-order valence-corrected chi connectivity index (χ2v) is 4.45. The average molecular weight is 263 g/mol. The molecule has 1 saturated carbocycles. The van der Waals surface area contributed by atoms with Gasteiger partial charge in [-0.15, -0.1) is 0 Å². The van der Waals surface area contributed by atoms with Crippen LogP contribution in [0, 0.1) is 5.92 Å². The molecular formula is C12H13N3O2S. The molecule has 0 saturated heterocycles. The van der Waals surface area contributed by atoms with Gasteiger partial charge in [-0.25, -0.2) is 0 Å². The van der Waals surface area contributed by atoms with Crippen molar-refractivity contribution in [1.29, 1.82) is 0 Å². The molecule has 18 heavy (non-hydrogen) atoms. The van der Waals surface area contributed by atoms with Crippen LogP contribution >= 0.6 is 12.2 Å². The maximum absolute atomic E-state index is 11.7. The summed E-state index contributed by atoms with van der Waals surface area (Å²) >= 11 is 4.90. The van der Waals surface area contributed by atoms with Crippen LogP contribution in [0.4, 0.5) is 0 Å². The Bertz CT molecular complexity index is 471. The molecule has 1 aromatic carbocycles. The molecular weight excluding hydrogens is 250 g/mol. The largest absolute Gasteiger partial charge is 0.298 e. The molecule has 6 heteroatoms. The Balaban J connectivity index is 1.76. The molecule has 0 atom stereocenters. The first-order valence-corrected chi connectivity index (χ1v) is 6.04. The Hall–Kier alpha value is -1.95. The Kier molecular flexibility index (Phi) is 3.88. The standard InChI is InChI=1S/C12H13N3O2S/c16-10(8-4-2-1-3-5-8)13-12(18)15-14-11(17)9-6-7-9/h1-5,9H,6-7H2,(H,14,17)(H2,13,15,16,18). The zero-order valence-corrected chi connectivity index (χ0v) is 10.4. The third kappa shape index (κ3) is 3.53. The molecule has 2 amide bonds. The lowest BCUT2D eigenvalue weighted by Gasteiger charge is -2.10. The van der Waals surface area contributed by atoms with E-state index in [1.54, 1.807) is 24.3 Å². The maximum atomic E-state index is 11.7. The van der Waals surface area contributed by atoms with Gasteiger partial charge < -0.3 is 0 Å². The van der Waals surface area contributed by atoms with Crippen molar-refractivity contribution >= 4 is 29.1 Å². The highest BCUT2D eigenvalue weighted by Gasteiger charge is 2.29. The highest BCUT2D eigenvalue weighted by atomic mass is 32.1. The molecule has 1 fully saturated rings. The first-order valence-electron chi connectivity index (χ1n) is 5.63. The van der Waals surface area contributed by atoms with Gasteiger partial charge in [0.15, 0.2) is 5.11 Å². The van der Waals surface area contributed by atoms with E-state index < -0.39 is 0 Å². The lowest BCUT2D eigenvalue weighted by atomic mass is 10.2. The normalized spacial score (nSPS) is 13.6. The Morgan fingerprint density at radius 2 is 1.78 bits per heavy atom. The van der Waals surface area contributed by atoms with Gasteiger partial charge in [0.25, 0.3) is 5.91 Å². The van der Waals surface area contributed by atoms with Crippen molar-refractivity contribution in [1.82, 2.24) is 16.2 Å². The number of amides is 2. The van der Waals surface area contributed by atoms with Crippen LogP contribution in [-0.2, 0) is 4.79 Å². The van der Waals surface area contributed by atoms with Gasteiger partial charge in [-0.05, 0) is 37.2 Å². The molecule has 0 bridgehead atoms. The summed E-state index contributed by atoms with van der Waals surface area (Å²) in [5.41, 5.74) is 5.47. The van der Waals surface area contributed by atoms with Gasteiger partial charge in [-0.3, -0.25) is 25.8 Å². The van der Waals surface area contributed by atoms with Gasteiger partial charge >= 0.3 is 0 Å². The zero-order chi connectivity index (χ0) is 13.0. The van der Waals surface area contributed by atoms with Crippen molar-refractivity contribution < 1.29 is 9.59 Å². The third-order valence-corrected chi connectivity index (χ3v) is 2.71. The predicted molar refractivity (Wildman–Crippen MR) is 70.5 cm³/mol. The molecule has 0 radical (unpaired) electrons. The second-order valence-electron chi connectivity index (χ2n) is 4.04. The Labute approximate surface area is 110 Å². The smallest absolute Gasteiger partial charge is 0.257 e. The number of rotatable bonds is 2. The molecule has 0 aromatic heterocycles. The minimum absolute atomic E-state index is 0.0813. The van der Waals surface area contributed by atoms with Gasteiger partial charge in [0.2, 0.25) is 5.91 Å². The molecule has 1 aliphatic rings. The van der Waals surface area contributed by atoms with Gasteiger partial charge in [0.05, 0.1) is 0 Å². The molecule has 0 heterocycles. The highest BCUT2D eigenvalue weighted by molar-refractivity contribution is 7.80. The van der Waals surface area contributed by atoms with Crippen molar-refractivity contribution in [3.8, 4) is 0 Å². The first-order chi connectivity index (χ1) is 8.66. The molecule has 0 aliphatic heterocycles. The van der Waals surface area contributed by atoms with Gasteiger partial charge in [-0.1, -0.05) is 18.2 Å². The lowest BCUT2D eigenvalue weighted by molar-refractivity contribution is -0.122. The van der Waals surface area contributed by atoms with Crippen LogP contribution in [0.5, 0.6) is 0 Å². The van der Waals surface area contributed by atoms with Crippen molar-refractivity contribution in [2.45, 2.75) is 12.8 Å². The van der Waals surface area contributed by atoms with E-state index in [1.807, 2.05) is 6.07 Å². The monoisotopic (exact) mass is 263 g/mol. The number of carbonyl (C=O) groups excluding carboxylic acids is 2. The van der Waals surface area contributed by atoms with Crippen LogP contribution in [-0.4, -0.2) is 16.9 Å². The number of hydrazine groups is 1. The van der Waals surface area contributed by atoms with Crippen LogP contribution in [0.1, 0.15) is 23.2 Å². The van der Waals surface area contributed by atoms with Gasteiger partial charge in [0, 0.05) is 11.5 Å². The van der Waals surface area contributed by atoms with Crippen molar-refractivity contribution in [3.63, 3.8) is 0 Å². The number of hydrogen-bond donors (Lipinski definition) is 3. The van der Waals surface area contributed by atoms with E-state index in [0.717, 1.165) is 12.8 Å². The van der Waals surface area contributed by atoms with Crippen LogP contribution in [0.3, 0.4) is 0 Å². The SMILES string of the molecule is O=C(NC(=S)NNC(=O)C1CC1)c1ccccc1. The van der Waals surface area contributed by atoms with E-state index in [9.17, 15) is 9.59 Å². The summed E-state index contributed by atoms with van der Waals surface area (Å²) < 4.78 is 0. The molecule has 3 N–H and O–H groups in total. The lowest BCUT2D eigenvalue weighted by Crippen LogP contribution is -2.48. The topological polar surface area (TPSA) is 70.2 Å². The van der Waals surface area contributed by atoms with Crippen molar-refractivity contribution in [3.05, 3.63) is 35.9 Å². The highest BCUT2D eigenvalue weighted by Crippen LogP contribution is 2.28.